The van der Waals surface area contributed by atoms with Crippen LogP contribution in [0.5, 0.6) is 0 Å². The quantitative estimate of drug-likeness (QED) is 0.175. The predicted octanol–water partition coefficient (Wildman–Crippen LogP) is 2.83. The SMILES string of the molecule is O=C(O)C(F)(F)F.O=C(O)C[C@@H](Cc1ccccc1)NC(=O)C(Cc1ccncc1)NC(=O)[C@@H]1CCC2CCC(NC(=O)Cc3ccccc3)C(=O)N21. The summed E-state index contributed by atoms with van der Waals surface area (Å²) in [7, 11) is 0. The Labute approximate surface area is 303 Å². The van der Waals surface area contributed by atoms with Crippen LogP contribution in [0.3, 0.4) is 0 Å². The van der Waals surface area contributed by atoms with Crippen molar-refractivity contribution >= 4 is 35.6 Å². The number of carbonyl (C=O) groups is 6. The highest BCUT2D eigenvalue weighted by atomic mass is 19.4. The van der Waals surface area contributed by atoms with Gasteiger partial charge in [0, 0.05) is 30.9 Å². The maximum absolute atomic E-state index is 13.8. The molecular weight excluding hydrogens is 699 g/mol. The van der Waals surface area contributed by atoms with Crippen molar-refractivity contribution in [1.29, 1.82) is 0 Å². The van der Waals surface area contributed by atoms with E-state index in [9.17, 15) is 42.3 Å². The first kappa shape index (κ1) is 40.0. The third-order valence-electron chi connectivity index (χ3n) is 8.85. The first-order valence-corrected chi connectivity index (χ1v) is 16.9. The van der Waals surface area contributed by atoms with Crippen molar-refractivity contribution in [2.24, 2.45) is 0 Å². The van der Waals surface area contributed by atoms with Gasteiger partial charge in [-0.15, -0.1) is 0 Å². The van der Waals surface area contributed by atoms with Gasteiger partial charge >= 0.3 is 18.1 Å². The molecule has 3 unspecified atom stereocenters. The third kappa shape index (κ3) is 12.1. The second-order valence-electron chi connectivity index (χ2n) is 12.8. The number of hydrogen-bond donors (Lipinski definition) is 5. The Morgan fingerprint density at radius 3 is 1.94 bits per heavy atom. The fourth-order valence-electron chi connectivity index (χ4n) is 6.40. The lowest BCUT2D eigenvalue weighted by Crippen LogP contribution is -2.60. The van der Waals surface area contributed by atoms with Gasteiger partial charge in [0.25, 0.3) is 0 Å². The lowest BCUT2D eigenvalue weighted by molar-refractivity contribution is -0.192. The molecule has 53 heavy (non-hydrogen) atoms. The number of nitrogens with zero attached hydrogens (tertiary/aromatic N) is 2. The fourth-order valence-corrected chi connectivity index (χ4v) is 6.40. The predicted molar refractivity (Wildman–Crippen MR) is 183 cm³/mol. The second-order valence-corrected chi connectivity index (χ2v) is 12.8. The summed E-state index contributed by atoms with van der Waals surface area (Å²) in [5.41, 5.74) is 2.47. The lowest BCUT2D eigenvalue weighted by Gasteiger charge is -2.38. The van der Waals surface area contributed by atoms with E-state index in [4.69, 9.17) is 9.90 Å². The van der Waals surface area contributed by atoms with Crippen molar-refractivity contribution in [1.82, 2.24) is 25.8 Å². The van der Waals surface area contributed by atoms with Gasteiger partial charge in [-0.1, -0.05) is 60.7 Å². The van der Waals surface area contributed by atoms with E-state index in [1.807, 2.05) is 60.7 Å². The molecule has 16 heteroatoms. The highest BCUT2D eigenvalue weighted by molar-refractivity contribution is 5.95. The van der Waals surface area contributed by atoms with Crippen LogP contribution < -0.4 is 16.0 Å². The minimum absolute atomic E-state index is 0.121. The van der Waals surface area contributed by atoms with Crippen LogP contribution in [-0.2, 0) is 48.0 Å². The normalized spacial score (nSPS) is 19.0. The van der Waals surface area contributed by atoms with Crippen LogP contribution in [0.1, 0.15) is 48.8 Å². The smallest absolute Gasteiger partial charge is 0.481 e. The Kier molecular flexibility index (Phi) is 14.0. The Hall–Kier alpha value is -5.80. The van der Waals surface area contributed by atoms with E-state index in [0.29, 0.717) is 32.1 Å². The summed E-state index contributed by atoms with van der Waals surface area (Å²) in [6.07, 6.45) is 0.643. The number of nitrogens with one attached hydrogen (secondary N) is 3. The van der Waals surface area contributed by atoms with Gasteiger partial charge < -0.3 is 31.1 Å². The van der Waals surface area contributed by atoms with Crippen LogP contribution in [0.25, 0.3) is 0 Å². The summed E-state index contributed by atoms with van der Waals surface area (Å²) in [6.45, 7) is 0. The molecule has 5 N–H and O–H groups in total. The van der Waals surface area contributed by atoms with E-state index >= 15 is 0 Å². The molecule has 1 aromatic heterocycles. The highest BCUT2D eigenvalue weighted by Crippen LogP contribution is 2.33. The largest absolute Gasteiger partial charge is 0.490 e. The number of carbonyl (C=O) groups excluding carboxylic acids is 4. The van der Waals surface area contributed by atoms with E-state index in [2.05, 4.69) is 20.9 Å². The Balaban J connectivity index is 0.000000815. The number of hydrogen-bond acceptors (Lipinski definition) is 7. The highest BCUT2D eigenvalue weighted by Gasteiger charge is 2.47. The molecule has 282 valence electrons. The van der Waals surface area contributed by atoms with Gasteiger partial charge in [-0.3, -0.25) is 29.0 Å². The van der Waals surface area contributed by atoms with Gasteiger partial charge in [0.15, 0.2) is 0 Å². The summed E-state index contributed by atoms with van der Waals surface area (Å²) < 4.78 is 31.7. The molecule has 2 aromatic carbocycles. The van der Waals surface area contributed by atoms with E-state index in [0.717, 1.165) is 16.7 Å². The zero-order valence-corrected chi connectivity index (χ0v) is 28.5. The number of alkyl halides is 3. The average molecular weight is 740 g/mol. The monoisotopic (exact) mass is 739 g/mol. The zero-order chi connectivity index (χ0) is 38.5. The fraction of sp³-hybridized carbons (Fsp3) is 0.378. The van der Waals surface area contributed by atoms with Crippen molar-refractivity contribution in [3.8, 4) is 0 Å². The summed E-state index contributed by atoms with van der Waals surface area (Å²) in [5, 5.41) is 25.2. The second kappa shape index (κ2) is 18.6. The number of fused-ring (bicyclic) bond motifs is 1. The van der Waals surface area contributed by atoms with Crippen LogP contribution >= 0.6 is 0 Å². The number of aromatic nitrogens is 1. The minimum Gasteiger partial charge on any atom is -0.481 e. The molecule has 2 saturated heterocycles. The molecule has 5 atom stereocenters. The van der Waals surface area contributed by atoms with Gasteiger partial charge in [-0.25, -0.2) is 4.79 Å². The van der Waals surface area contributed by atoms with Crippen LogP contribution in [-0.4, -0.2) is 92.0 Å². The van der Waals surface area contributed by atoms with Crippen molar-refractivity contribution in [3.63, 3.8) is 0 Å². The molecule has 13 nitrogen and oxygen atoms in total. The van der Waals surface area contributed by atoms with E-state index < -0.39 is 54.1 Å². The van der Waals surface area contributed by atoms with Gasteiger partial charge in [0.05, 0.1) is 12.8 Å². The minimum atomic E-state index is -5.08. The maximum Gasteiger partial charge on any atom is 0.490 e. The molecule has 0 saturated carbocycles. The van der Waals surface area contributed by atoms with Crippen LogP contribution in [0.15, 0.2) is 85.2 Å². The van der Waals surface area contributed by atoms with Crippen molar-refractivity contribution in [2.75, 3.05) is 0 Å². The first-order chi connectivity index (χ1) is 25.2. The van der Waals surface area contributed by atoms with Crippen LogP contribution in [0, 0.1) is 0 Å². The molecule has 3 aromatic rings. The molecule has 5 rings (SSSR count). The summed E-state index contributed by atoms with van der Waals surface area (Å²) in [6, 6.07) is 18.7. The van der Waals surface area contributed by atoms with E-state index in [-0.39, 0.29) is 37.1 Å². The number of halogens is 3. The zero-order valence-electron chi connectivity index (χ0n) is 28.5. The molecule has 2 aliphatic heterocycles. The third-order valence-corrected chi connectivity index (χ3v) is 8.85. The molecular formula is C37H40F3N5O8. The molecule has 3 heterocycles. The van der Waals surface area contributed by atoms with Gasteiger partial charge in [0.2, 0.25) is 23.6 Å². The molecule has 2 aliphatic rings. The summed E-state index contributed by atoms with van der Waals surface area (Å²) in [5.74, 6) is -5.34. The molecule has 4 amide bonds. The van der Waals surface area contributed by atoms with Gasteiger partial charge in [-0.2, -0.15) is 13.2 Å². The number of benzene rings is 2. The van der Waals surface area contributed by atoms with Crippen LogP contribution in [0.4, 0.5) is 13.2 Å². The molecule has 0 radical (unpaired) electrons. The maximum atomic E-state index is 13.8. The number of piperidine rings is 1. The number of pyridine rings is 1. The number of rotatable bonds is 13. The average Bonchev–Trinajstić information content (AvgIpc) is 3.55. The standard InChI is InChI=1S/C35H39N5O6.C2HF3O2/c41-31(21-24-9-5-2-6-10-24)38-28-13-11-27-12-14-30(40(27)35(28)46)34(45)39-29(20-25-15-17-36-18-16-25)33(44)37-26(22-32(42)43)19-23-7-3-1-4-8-23;3-2(4,5)1(6)7/h1-10,15-18,26-30H,11-14,19-22H2,(H,37,44)(H,38,41)(H,39,45)(H,42,43);(H,6,7)/t26-,27?,28?,29?,30+;/m1./s1. The van der Waals surface area contributed by atoms with Crippen molar-refractivity contribution in [2.45, 2.75) is 87.8 Å². The lowest BCUT2D eigenvalue weighted by atomic mass is 9.97. The molecule has 0 bridgehead atoms. The van der Waals surface area contributed by atoms with E-state index in [1.54, 1.807) is 29.4 Å². The Morgan fingerprint density at radius 1 is 0.792 bits per heavy atom. The number of aliphatic carboxylic acids is 2. The molecule has 0 aliphatic carbocycles. The Morgan fingerprint density at radius 2 is 1.36 bits per heavy atom. The molecule has 0 spiro atoms. The Bertz CT molecular complexity index is 1730. The number of amides is 4. The number of carboxylic acids is 2. The topological polar surface area (TPSA) is 195 Å². The summed E-state index contributed by atoms with van der Waals surface area (Å²) >= 11 is 0. The summed E-state index contributed by atoms with van der Waals surface area (Å²) in [4.78, 5) is 80.0. The first-order valence-electron chi connectivity index (χ1n) is 16.9. The van der Waals surface area contributed by atoms with Crippen LogP contribution in [0.2, 0.25) is 0 Å². The van der Waals surface area contributed by atoms with Crippen molar-refractivity contribution in [3.05, 3.63) is 102 Å². The van der Waals surface area contributed by atoms with E-state index in [1.165, 1.54) is 0 Å². The number of carboxylic acid groups (broad SMARTS) is 2. The molecule has 2 fully saturated rings. The van der Waals surface area contributed by atoms with Gasteiger partial charge in [0.1, 0.15) is 18.1 Å². The van der Waals surface area contributed by atoms with Gasteiger partial charge in [-0.05, 0) is 60.9 Å². The van der Waals surface area contributed by atoms with Crippen molar-refractivity contribution < 1.29 is 52.2 Å².